The van der Waals surface area contributed by atoms with Gasteiger partial charge in [0.25, 0.3) is 0 Å². The lowest BCUT2D eigenvalue weighted by Gasteiger charge is -2.19. The predicted molar refractivity (Wildman–Crippen MR) is 41.4 cm³/mol. The number of nitrogens with zero attached hydrogens (tertiary/aromatic N) is 1. The predicted octanol–water partition coefficient (Wildman–Crippen LogP) is 1.69. The lowest BCUT2D eigenvalue weighted by molar-refractivity contribution is 0.161. The van der Waals surface area contributed by atoms with E-state index in [1.165, 1.54) is 26.4 Å². The molecule has 11 heavy (non-hydrogen) atoms. The Kier molecular flexibility index (Phi) is 3.20. The number of methoxy groups -OCH3 is 1. The summed E-state index contributed by atoms with van der Waals surface area (Å²) in [6.07, 6.45) is 5.37. The van der Waals surface area contributed by atoms with E-state index in [0.29, 0.717) is 0 Å². The molecule has 0 aromatic carbocycles. The highest BCUT2D eigenvalue weighted by Gasteiger charge is 2.17. The molecule has 0 spiro atoms. The first-order valence-corrected chi connectivity index (χ1v) is 4.11. The number of rotatable bonds is 1. The smallest absolute Gasteiger partial charge is 0.428 e. The van der Waals surface area contributed by atoms with Crippen LogP contribution in [0.3, 0.4) is 0 Å². The molecule has 1 fully saturated rings. The highest BCUT2D eigenvalue weighted by Crippen LogP contribution is 2.18. The second-order valence-electron chi connectivity index (χ2n) is 2.89. The summed E-state index contributed by atoms with van der Waals surface area (Å²) in [6, 6.07) is 0.233. The van der Waals surface area contributed by atoms with E-state index in [4.69, 9.17) is 0 Å². The van der Waals surface area contributed by atoms with Crippen LogP contribution in [-0.4, -0.2) is 19.2 Å². The van der Waals surface area contributed by atoms with E-state index in [-0.39, 0.29) is 6.04 Å². The first kappa shape index (κ1) is 8.37. The summed E-state index contributed by atoms with van der Waals surface area (Å²) in [7, 11) is 1.37. The molecule has 0 aliphatic heterocycles. The third kappa shape index (κ3) is 2.78. The first-order chi connectivity index (χ1) is 5.33. The van der Waals surface area contributed by atoms with Crippen molar-refractivity contribution >= 4 is 6.09 Å². The minimum absolute atomic E-state index is 0.233. The van der Waals surface area contributed by atoms with Gasteiger partial charge in [-0.2, -0.15) is 0 Å². The van der Waals surface area contributed by atoms with Crippen molar-refractivity contribution in [3.8, 4) is 0 Å². The molecular formula is C8H14NO2. The summed E-state index contributed by atoms with van der Waals surface area (Å²) in [5, 5.41) is 3.89. The second kappa shape index (κ2) is 4.21. The largest absolute Gasteiger partial charge is 0.452 e. The SMILES string of the molecule is COC(=O)[N]C1CCCCC1. The van der Waals surface area contributed by atoms with Crippen LogP contribution in [-0.2, 0) is 4.74 Å². The van der Waals surface area contributed by atoms with Gasteiger partial charge < -0.3 is 4.74 Å². The van der Waals surface area contributed by atoms with E-state index in [9.17, 15) is 4.79 Å². The molecule has 1 radical (unpaired) electrons. The van der Waals surface area contributed by atoms with Gasteiger partial charge in [0, 0.05) is 0 Å². The van der Waals surface area contributed by atoms with Gasteiger partial charge in [0.05, 0.1) is 13.2 Å². The van der Waals surface area contributed by atoms with Crippen LogP contribution in [0.4, 0.5) is 4.79 Å². The average molecular weight is 156 g/mol. The summed E-state index contributed by atoms with van der Waals surface area (Å²) in [5.41, 5.74) is 0. The van der Waals surface area contributed by atoms with E-state index < -0.39 is 6.09 Å². The van der Waals surface area contributed by atoms with Gasteiger partial charge in [0.2, 0.25) is 0 Å². The molecule has 3 nitrogen and oxygen atoms in total. The molecule has 0 aromatic rings. The maximum Gasteiger partial charge on any atom is 0.428 e. The molecule has 0 N–H and O–H groups in total. The van der Waals surface area contributed by atoms with Crippen molar-refractivity contribution < 1.29 is 9.53 Å². The van der Waals surface area contributed by atoms with Crippen LogP contribution in [0.2, 0.25) is 0 Å². The number of hydrogen-bond acceptors (Lipinski definition) is 2. The minimum Gasteiger partial charge on any atom is -0.452 e. The Hall–Kier alpha value is -0.730. The highest BCUT2D eigenvalue weighted by atomic mass is 16.5. The van der Waals surface area contributed by atoms with E-state index in [1.54, 1.807) is 0 Å². The van der Waals surface area contributed by atoms with Gasteiger partial charge in [-0.15, -0.1) is 0 Å². The third-order valence-electron chi connectivity index (χ3n) is 2.04. The van der Waals surface area contributed by atoms with Gasteiger partial charge in [0.1, 0.15) is 0 Å². The molecule has 0 saturated heterocycles. The summed E-state index contributed by atoms with van der Waals surface area (Å²) in [4.78, 5) is 10.7. The maximum atomic E-state index is 10.7. The van der Waals surface area contributed by atoms with Gasteiger partial charge in [-0.05, 0) is 12.8 Å². The van der Waals surface area contributed by atoms with Gasteiger partial charge in [-0.3, -0.25) is 0 Å². The van der Waals surface area contributed by atoms with E-state index in [0.717, 1.165) is 12.8 Å². The molecule has 1 rings (SSSR count). The normalized spacial score (nSPS) is 19.4. The second-order valence-corrected chi connectivity index (χ2v) is 2.89. The van der Waals surface area contributed by atoms with E-state index in [1.807, 2.05) is 0 Å². The lowest BCUT2D eigenvalue weighted by Crippen LogP contribution is -2.29. The van der Waals surface area contributed by atoms with Crippen molar-refractivity contribution in [3.05, 3.63) is 0 Å². The van der Waals surface area contributed by atoms with Crippen LogP contribution < -0.4 is 5.32 Å². The molecule has 1 amide bonds. The van der Waals surface area contributed by atoms with Crippen molar-refractivity contribution in [2.24, 2.45) is 0 Å². The fourth-order valence-corrected chi connectivity index (χ4v) is 1.41. The fourth-order valence-electron chi connectivity index (χ4n) is 1.41. The molecule has 0 aromatic heterocycles. The summed E-state index contributed by atoms with van der Waals surface area (Å²) >= 11 is 0. The fraction of sp³-hybridized carbons (Fsp3) is 0.875. The van der Waals surface area contributed by atoms with Gasteiger partial charge >= 0.3 is 6.09 Å². The molecule has 0 unspecified atom stereocenters. The van der Waals surface area contributed by atoms with Crippen molar-refractivity contribution in [2.75, 3.05) is 7.11 Å². The standard InChI is InChI=1S/C8H14NO2/c1-11-8(10)9-7-5-3-2-4-6-7/h7H,2-6H2,1H3. The van der Waals surface area contributed by atoms with Crippen LogP contribution in [0.5, 0.6) is 0 Å². The molecular weight excluding hydrogens is 142 g/mol. The molecule has 1 aliphatic carbocycles. The molecule has 1 saturated carbocycles. The van der Waals surface area contributed by atoms with Gasteiger partial charge in [-0.25, -0.2) is 10.1 Å². The van der Waals surface area contributed by atoms with Crippen LogP contribution >= 0.6 is 0 Å². The minimum atomic E-state index is -0.420. The summed E-state index contributed by atoms with van der Waals surface area (Å²) in [5.74, 6) is 0. The molecule has 0 bridgehead atoms. The first-order valence-electron chi connectivity index (χ1n) is 4.11. The summed E-state index contributed by atoms with van der Waals surface area (Å²) in [6.45, 7) is 0. The average Bonchev–Trinajstić information content (AvgIpc) is 2.06. The zero-order valence-electron chi connectivity index (χ0n) is 6.88. The Bertz CT molecular complexity index is 130. The molecule has 63 valence electrons. The number of carbonyl (C=O) groups is 1. The van der Waals surface area contributed by atoms with Crippen molar-refractivity contribution in [1.29, 1.82) is 0 Å². The van der Waals surface area contributed by atoms with Crippen molar-refractivity contribution in [1.82, 2.24) is 5.32 Å². The van der Waals surface area contributed by atoms with Gasteiger partial charge in [0.15, 0.2) is 0 Å². The zero-order valence-corrected chi connectivity index (χ0v) is 6.88. The van der Waals surface area contributed by atoms with Crippen molar-refractivity contribution in [2.45, 2.75) is 38.1 Å². The number of hydrogen-bond donors (Lipinski definition) is 0. The Balaban J connectivity index is 2.19. The topological polar surface area (TPSA) is 40.4 Å². The van der Waals surface area contributed by atoms with Crippen LogP contribution in [0.25, 0.3) is 0 Å². The van der Waals surface area contributed by atoms with Crippen LogP contribution in [0.15, 0.2) is 0 Å². The Morgan fingerprint density at radius 1 is 1.36 bits per heavy atom. The molecule has 0 atom stereocenters. The van der Waals surface area contributed by atoms with E-state index >= 15 is 0 Å². The number of amides is 1. The van der Waals surface area contributed by atoms with Crippen LogP contribution in [0.1, 0.15) is 32.1 Å². The monoisotopic (exact) mass is 156 g/mol. The highest BCUT2D eigenvalue weighted by molar-refractivity contribution is 5.66. The van der Waals surface area contributed by atoms with Gasteiger partial charge in [-0.1, -0.05) is 19.3 Å². The number of carbonyl (C=O) groups excluding carboxylic acids is 1. The van der Waals surface area contributed by atoms with Crippen LogP contribution in [0, 0.1) is 0 Å². The molecule has 3 heteroatoms. The molecule has 1 aliphatic rings. The lowest BCUT2D eigenvalue weighted by atomic mass is 9.96. The Morgan fingerprint density at radius 3 is 2.55 bits per heavy atom. The zero-order chi connectivity index (χ0) is 8.10. The Labute approximate surface area is 67.1 Å². The maximum absolute atomic E-state index is 10.7. The third-order valence-corrected chi connectivity index (χ3v) is 2.04. The Morgan fingerprint density at radius 2 is 2.00 bits per heavy atom. The molecule has 0 heterocycles. The number of ether oxygens (including phenoxy) is 1. The van der Waals surface area contributed by atoms with E-state index in [2.05, 4.69) is 10.1 Å². The quantitative estimate of drug-likeness (QED) is 0.579. The summed E-state index contributed by atoms with van der Waals surface area (Å²) < 4.78 is 4.45. The van der Waals surface area contributed by atoms with Crippen molar-refractivity contribution in [3.63, 3.8) is 0 Å².